The van der Waals surface area contributed by atoms with Gasteiger partial charge in [-0.1, -0.05) is 24.3 Å². The van der Waals surface area contributed by atoms with E-state index in [1.165, 1.54) is 59.4 Å². The molecule has 0 bridgehead atoms. The smallest absolute Gasteiger partial charge is 0.267 e. The number of benzene rings is 2. The predicted molar refractivity (Wildman–Crippen MR) is 111 cm³/mol. The van der Waals surface area contributed by atoms with E-state index in [0.29, 0.717) is 28.0 Å². The molecular weight excluding hydrogens is 417 g/mol. The first-order valence-corrected chi connectivity index (χ1v) is 10.5. The third kappa shape index (κ3) is 4.45. The molecule has 0 spiro atoms. The molecule has 0 aliphatic heterocycles. The maximum atomic E-state index is 13.4. The number of halogens is 2. The van der Waals surface area contributed by atoms with Crippen LogP contribution in [0.2, 0.25) is 0 Å². The van der Waals surface area contributed by atoms with Gasteiger partial charge in [0.25, 0.3) is 5.56 Å². The summed E-state index contributed by atoms with van der Waals surface area (Å²) < 4.78 is 37.6. The Kier molecular flexibility index (Phi) is 5.97. The number of allylic oxidation sites excluding steroid dienone is 2. The molecule has 0 fully saturated rings. The van der Waals surface area contributed by atoms with E-state index < -0.39 is 21.4 Å². The van der Waals surface area contributed by atoms with Gasteiger partial charge in [-0.15, -0.1) is 11.6 Å². The second kappa shape index (κ2) is 8.28. The largest absolute Gasteiger partial charge is 0.279 e. The molecule has 0 saturated heterocycles. The van der Waals surface area contributed by atoms with E-state index in [2.05, 4.69) is 5.10 Å². The van der Waals surface area contributed by atoms with Crippen LogP contribution in [-0.2, 0) is 10.0 Å². The fourth-order valence-corrected chi connectivity index (χ4v) is 3.58. The van der Waals surface area contributed by atoms with E-state index >= 15 is 0 Å². The zero-order valence-corrected chi connectivity index (χ0v) is 16.9. The predicted octanol–water partition coefficient (Wildman–Crippen LogP) is 3.46. The highest BCUT2D eigenvalue weighted by molar-refractivity contribution is 7.89. The van der Waals surface area contributed by atoms with Gasteiger partial charge in [0, 0.05) is 17.1 Å². The van der Waals surface area contributed by atoms with Crippen molar-refractivity contribution in [3.05, 3.63) is 77.0 Å². The number of nitrogens with two attached hydrogens (primary N) is 1. The number of alkyl halides is 1. The van der Waals surface area contributed by atoms with Crippen LogP contribution >= 0.6 is 11.6 Å². The van der Waals surface area contributed by atoms with E-state index in [0.717, 1.165) is 0 Å². The molecule has 3 rings (SSSR count). The average Bonchev–Trinajstić information content (AvgIpc) is 2.68. The SMILES string of the molecule is C/C(=C\CCl)n1ncc(-c2ccc(S(N)(=O)=O)cc2)c(-c2ccc(F)cc2)c1=O. The summed E-state index contributed by atoms with van der Waals surface area (Å²) in [6.07, 6.45) is 3.14. The topological polar surface area (TPSA) is 95.1 Å². The van der Waals surface area contributed by atoms with Gasteiger partial charge in [-0.25, -0.2) is 22.6 Å². The van der Waals surface area contributed by atoms with Crippen LogP contribution in [0.15, 0.2) is 70.5 Å². The van der Waals surface area contributed by atoms with Crippen molar-refractivity contribution in [2.75, 3.05) is 5.88 Å². The van der Waals surface area contributed by atoms with Gasteiger partial charge in [-0.05, 0) is 48.4 Å². The zero-order chi connectivity index (χ0) is 21.2. The molecule has 0 aliphatic rings. The van der Waals surface area contributed by atoms with E-state index in [-0.39, 0.29) is 10.8 Å². The molecule has 9 heteroatoms. The monoisotopic (exact) mass is 433 g/mol. The van der Waals surface area contributed by atoms with Crippen molar-refractivity contribution in [2.45, 2.75) is 11.8 Å². The first-order chi connectivity index (χ1) is 13.7. The molecule has 1 heterocycles. The summed E-state index contributed by atoms with van der Waals surface area (Å²) in [6.45, 7) is 1.70. The third-order valence-corrected chi connectivity index (χ3v) is 5.39. The highest BCUT2D eigenvalue weighted by Gasteiger charge is 2.17. The van der Waals surface area contributed by atoms with E-state index in [1.54, 1.807) is 13.0 Å². The minimum Gasteiger partial charge on any atom is -0.267 e. The van der Waals surface area contributed by atoms with Crippen molar-refractivity contribution in [2.24, 2.45) is 5.14 Å². The number of primary sulfonamides is 1. The van der Waals surface area contributed by atoms with E-state index in [9.17, 15) is 17.6 Å². The molecule has 0 unspecified atom stereocenters. The number of nitrogens with zero attached hydrogens (tertiary/aromatic N) is 2. The van der Waals surface area contributed by atoms with Crippen molar-refractivity contribution < 1.29 is 12.8 Å². The minimum atomic E-state index is -3.84. The lowest BCUT2D eigenvalue weighted by Crippen LogP contribution is -2.23. The van der Waals surface area contributed by atoms with Crippen LogP contribution in [0.3, 0.4) is 0 Å². The van der Waals surface area contributed by atoms with Gasteiger partial charge in [0.1, 0.15) is 5.82 Å². The minimum absolute atomic E-state index is 0.0493. The standard InChI is InChI=1S/C20H17ClFN3O3S/c1-13(10-11-21)25-20(26)19(15-2-6-16(22)7-3-15)18(12-24-25)14-4-8-17(9-5-14)29(23,27)28/h2-10,12H,11H2,1H3,(H2,23,27,28)/b13-10+. The molecule has 2 N–H and O–H groups in total. The summed E-state index contributed by atoms with van der Waals surface area (Å²) in [5.74, 6) is -0.219. The highest BCUT2D eigenvalue weighted by Crippen LogP contribution is 2.30. The number of hydrogen-bond acceptors (Lipinski definition) is 4. The zero-order valence-electron chi connectivity index (χ0n) is 15.3. The first-order valence-electron chi connectivity index (χ1n) is 8.47. The molecule has 2 aromatic carbocycles. The van der Waals surface area contributed by atoms with Crippen molar-refractivity contribution >= 4 is 27.3 Å². The Morgan fingerprint density at radius 3 is 2.28 bits per heavy atom. The van der Waals surface area contributed by atoms with Gasteiger partial charge < -0.3 is 0 Å². The summed E-state index contributed by atoms with van der Waals surface area (Å²) in [7, 11) is -3.84. The first kappa shape index (κ1) is 20.9. The molecule has 6 nitrogen and oxygen atoms in total. The van der Waals surface area contributed by atoms with Gasteiger partial charge in [0.05, 0.1) is 16.7 Å². The van der Waals surface area contributed by atoms with Crippen LogP contribution in [0.25, 0.3) is 28.0 Å². The van der Waals surface area contributed by atoms with Gasteiger partial charge in [-0.2, -0.15) is 5.10 Å². The Balaban J connectivity index is 2.27. The average molecular weight is 434 g/mol. The molecule has 150 valence electrons. The molecule has 1 aromatic heterocycles. The highest BCUT2D eigenvalue weighted by atomic mass is 35.5. The molecule has 0 amide bonds. The second-order valence-electron chi connectivity index (χ2n) is 6.23. The lowest BCUT2D eigenvalue weighted by molar-refractivity contribution is 0.598. The van der Waals surface area contributed by atoms with Gasteiger partial charge in [0.15, 0.2) is 0 Å². The van der Waals surface area contributed by atoms with Crippen molar-refractivity contribution in [3.63, 3.8) is 0 Å². The van der Waals surface area contributed by atoms with Crippen molar-refractivity contribution in [1.29, 1.82) is 0 Å². The fourth-order valence-electron chi connectivity index (χ4n) is 2.84. The third-order valence-electron chi connectivity index (χ3n) is 4.31. The van der Waals surface area contributed by atoms with Crippen molar-refractivity contribution in [1.82, 2.24) is 9.78 Å². The van der Waals surface area contributed by atoms with E-state index in [4.69, 9.17) is 16.7 Å². The van der Waals surface area contributed by atoms with Crippen LogP contribution in [0.1, 0.15) is 6.92 Å². The Bertz CT molecular complexity index is 1240. The summed E-state index contributed by atoms with van der Waals surface area (Å²) in [5, 5.41) is 9.35. The Hall–Kier alpha value is -2.81. The van der Waals surface area contributed by atoms with Gasteiger partial charge >= 0.3 is 0 Å². The van der Waals surface area contributed by atoms with Crippen molar-refractivity contribution in [3.8, 4) is 22.3 Å². The number of rotatable bonds is 5. The maximum absolute atomic E-state index is 13.4. The number of aromatic nitrogens is 2. The van der Waals surface area contributed by atoms with Crippen LogP contribution in [0.4, 0.5) is 4.39 Å². The van der Waals surface area contributed by atoms with Crippen LogP contribution in [-0.4, -0.2) is 24.1 Å². The quantitative estimate of drug-likeness (QED) is 0.623. The molecule has 0 atom stereocenters. The Morgan fingerprint density at radius 1 is 1.14 bits per heavy atom. The molecule has 3 aromatic rings. The van der Waals surface area contributed by atoms with Gasteiger partial charge in [0.2, 0.25) is 10.0 Å². The molecule has 29 heavy (non-hydrogen) atoms. The number of hydrogen-bond donors (Lipinski definition) is 1. The number of sulfonamides is 1. The normalized spacial score (nSPS) is 12.2. The summed E-state index contributed by atoms with van der Waals surface area (Å²) in [5.41, 5.74) is 1.96. The molecule has 0 saturated carbocycles. The summed E-state index contributed by atoms with van der Waals surface area (Å²) in [4.78, 5) is 13.1. The summed E-state index contributed by atoms with van der Waals surface area (Å²) >= 11 is 5.73. The Labute approximate surface area is 172 Å². The van der Waals surface area contributed by atoms with E-state index in [1.807, 2.05) is 0 Å². The van der Waals surface area contributed by atoms with Crippen LogP contribution < -0.4 is 10.7 Å². The Morgan fingerprint density at radius 2 is 1.72 bits per heavy atom. The molecule has 0 radical (unpaired) electrons. The van der Waals surface area contributed by atoms with Gasteiger partial charge in [-0.3, -0.25) is 4.79 Å². The molecular formula is C20H17ClFN3O3S. The van der Waals surface area contributed by atoms with Crippen LogP contribution in [0.5, 0.6) is 0 Å². The maximum Gasteiger partial charge on any atom is 0.279 e. The lowest BCUT2D eigenvalue weighted by atomic mass is 9.97. The molecule has 0 aliphatic carbocycles. The fraction of sp³-hybridized carbons (Fsp3) is 0.100. The second-order valence-corrected chi connectivity index (χ2v) is 8.10. The van der Waals surface area contributed by atoms with Crippen LogP contribution in [0, 0.1) is 5.82 Å². The lowest BCUT2D eigenvalue weighted by Gasteiger charge is -2.13. The summed E-state index contributed by atoms with van der Waals surface area (Å²) in [6, 6.07) is 11.3.